The van der Waals surface area contributed by atoms with Gasteiger partial charge in [0.2, 0.25) is 0 Å². The number of hydrogen-bond donors (Lipinski definition) is 1. The molecule has 0 atom stereocenters. The standard InChI is InChI=1S/C11H11NOS/c13-6-8-2-1-3-9-10(8)12-11(14-9)7-4-5-7/h1-3,7,13H,4-6H2. The summed E-state index contributed by atoms with van der Waals surface area (Å²) in [4.78, 5) is 4.60. The van der Waals surface area contributed by atoms with E-state index in [0.29, 0.717) is 5.92 Å². The van der Waals surface area contributed by atoms with Crippen molar-refractivity contribution in [1.82, 2.24) is 4.98 Å². The van der Waals surface area contributed by atoms with Crippen molar-refractivity contribution in [3.05, 3.63) is 28.8 Å². The first-order chi connectivity index (χ1) is 6.88. The molecular formula is C11H11NOS. The highest BCUT2D eigenvalue weighted by Gasteiger charge is 2.27. The van der Waals surface area contributed by atoms with E-state index in [-0.39, 0.29) is 6.61 Å². The SMILES string of the molecule is OCc1cccc2sc(C3CC3)nc12. The summed E-state index contributed by atoms with van der Waals surface area (Å²) in [6.45, 7) is 0.0885. The molecule has 1 saturated carbocycles. The molecule has 14 heavy (non-hydrogen) atoms. The van der Waals surface area contributed by atoms with Gasteiger partial charge >= 0.3 is 0 Å². The molecule has 1 N–H and O–H groups in total. The average Bonchev–Trinajstić information content (AvgIpc) is 2.97. The number of hydrogen-bond acceptors (Lipinski definition) is 3. The second-order valence-corrected chi connectivity index (χ2v) is 4.81. The lowest BCUT2D eigenvalue weighted by atomic mass is 10.2. The number of nitrogens with zero attached hydrogens (tertiary/aromatic N) is 1. The van der Waals surface area contributed by atoms with E-state index < -0.39 is 0 Å². The molecule has 1 aliphatic rings. The molecule has 72 valence electrons. The first-order valence-electron chi connectivity index (χ1n) is 4.87. The van der Waals surface area contributed by atoms with Crippen LogP contribution in [0.15, 0.2) is 18.2 Å². The zero-order chi connectivity index (χ0) is 9.54. The van der Waals surface area contributed by atoms with Gasteiger partial charge < -0.3 is 5.11 Å². The van der Waals surface area contributed by atoms with E-state index in [9.17, 15) is 0 Å². The summed E-state index contributed by atoms with van der Waals surface area (Å²) in [6.07, 6.45) is 2.57. The molecule has 0 radical (unpaired) electrons. The lowest BCUT2D eigenvalue weighted by Gasteiger charge is -1.94. The molecule has 0 bridgehead atoms. The first-order valence-corrected chi connectivity index (χ1v) is 5.69. The summed E-state index contributed by atoms with van der Waals surface area (Å²) in [6, 6.07) is 6.01. The molecule has 0 aliphatic heterocycles. The Morgan fingerprint density at radius 2 is 2.29 bits per heavy atom. The van der Waals surface area contributed by atoms with Crippen molar-refractivity contribution in [1.29, 1.82) is 0 Å². The highest BCUT2D eigenvalue weighted by atomic mass is 32.1. The average molecular weight is 205 g/mol. The Hall–Kier alpha value is -0.930. The van der Waals surface area contributed by atoms with Gasteiger partial charge in [-0.15, -0.1) is 11.3 Å². The summed E-state index contributed by atoms with van der Waals surface area (Å²) >= 11 is 1.78. The van der Waals surface area contributed by atoms with E-state index in [1.807, 2.05) is 12.1 Å². The van der Waals surface area contributed by atoms with Crippen molar-refractivity contribution in [3.8, 4) is 0 Å². The van der Waals surface area contributed by atoms with E-state index >= 15 is 0 Å². The minimum Gasteiger partial charge on any atom is -0.392 e. The Kier molecular flexibility index (Phi) is 1.82. The summed E-state index contributed by atoms with van der Waals surface area (Å²) in [5, 5.41) is 10.4. The fourth-order valence-electron chi connectivity index (χ4n) is 1.66. The zero-order valence-electron chi connectivity index (χ0n) is 7.73. The maximum Gasteiger partial charge on any atom is 0.0969 e. The third-order valence-electron chi connectivity index (χ3n) is 2.62. The minimum absolute atomic E-state index is 0.0885. The molecule has 3 heteroatoms. The maximum atomic E-state index is 9.16. The fourth-order valence-corrected chi connectivity index (χ4v) is 2.84. The number of rotatable bonds is 2. The van der Waals surface area contributed by atoms with Gasteiger partial charge in [0, 0.05) is 11.5 Å². The zero-order valence-corrected chi connectivity index (χ0v) is 8.55. The second kappa shape index (κ2) is 3.04. The van der Waals surface area contributed by atoms with Gasteiger partial charge in [-0.3, -0.25) is 0 Å². The Morgan fingerprint density at radius 1 is 1.43 bits per heavy atom. The van der Waals surface area contributed by atoms with Crippen LogP contribution in [0.3, 0.4) is 0 Å². The van der Waals surface area contributed by atoms with Crippen molar-refractivity contribution < 1.29 is 5.11 Å². The molecule has 0 amide bonds. The van der Waals surface area contributed by atoms with Crippen LogP contribution in [0.4, 0.5) is 0 Å². The van der Waals surface area contributed by atoms with Gasteiger partial charge in [0.15, 0.2) is 0 Å². The lowest BCUT2D eigenvalue weighted by Crippen LogP contribution is -1.84. The topological polar surface area (TPSA) is 33.1 Å². The quantitative estimate of drug-likeness (QED) is 0.817. The van der Waals surface area contributed by atoms with Crippen LogP contribution in [0.2, 0.25) is 0 Å². The molecule has 2 aromatic rings. The van der Waals surface area contributed by atoms with Gasteiger partial charge in [0.1, 0.15) is 0 Å². The molecular weight excluding hydrogens is 194 g/mol. The van der Waals surface area contributed by atoms with Gasteiger partial charge in [-0.25, -0.2) is 4.98 Å². The monoisotopic (exact) mass is 205 g/mol. The Bertz CT molecular complexity index is 473. The summed E-state index contributed by atoms with van der Waals surface area (Å²) in [5.41, 5.74) is 1.95. The highest BCUT2D eigenvalue weighted by Crippen LogP contribution is 2.43. The minimum atomic E-state index is 0.0885. The largest absolute Gasteiger partial charge is 0.392 e. The normalized spacial score (nSPS) is 16.4. The van der Waals surface area contributed by atoms with Crippen LogP contribution in [0, 0.1) is 0 Å². The molecule has 0 unspecified atom stereocenters. The maximum absolute atomic E-state index is 9.16. The fraction of sp³-hybridized carbons (Fsp3) is 0.364. The number of thiazole rings is 1. The smallest absolute Gasteiger partial charge is 0.0969 e. The van der Waals surface area contributed by atoms with Crippen LogP contribution in [0.1, 0.15) is 29.3 Å². The predicted octanol–water partition coefficient (Wildman–Crippen LogP) is 2.67. The molecule has 1 heterocycles. The van der Waals surface area contributed by atoms with Crippen LogP contribution in [0.5, 0.6) is 0 Å². The second-order valence-electron chi connectivity index (χ2n) is 3.75. The van der Waals surface area contributed by atoms with E-state index in [4.69, 9.17) is 5.11 Å². The van der Waals surface area contributed by atoms with Gasteiger partial charge in [0.25, 0.3) is 0 Å². The van der Waals surface area contributed by atoms with Crippen LogP contribution in [-0.4, -0.2) is 10.1 Å². The number of benzene rings is 1. The van der Waals surface area contributed by atoms with Gasteiger partial charge in [-0.05, 0) is 18.9 Å². The van der Waals surface area contributed by atoms with Crippen LogP contribution < -0.4 is 0 Å². The Labute approximate surface area is 86.2 Å². The van der Waals surface area contributed by atoms with E-state index in [1.54, 1.807) is 11.3 Å². The molecule has 0 saturated heterocycles. The number of aliphatic hydroxyl groups excluding tert-OH is 1. The Balaban J connectivity index is 2.20. The van der Waals surface area contributed by atoms with Crippen molar-refractivity contribution >= 4 is 21.6 Å². The van der Waals surface area contributed by atoms with E-state index in [0.717, 1.165) is 11.1 Å². The number of aliphatic hydroxyl groups is 1. The molecule has 0 spiro atoms. The first kappa shape index (κ1) is 8.38. The summed E-state index contributed by atoms with van der Waals surface area (Å²) in [7, 11) is 0. The van der Waals surface area contributed by atoms with Crippen molar-refractivity contribution in [2.75, 3.05) is 0 Å². The van der Waals surface area contributed by atoms with Gasteiger partial charge in [0.05, 0.1) is 21.8 Å². The van der Waals surface area contributed by atoms with Crippen molar-refractivity contribution in [3.63, 3.8) is 0 Å². The van der Waals surface area contributed by atoms with Gasteiger partial charge in [-0.1, -0.05) is 12.1 Å². The number of para-hydroxylation sites is 1. The Morgan fingerprint density at radius 3 is 3.00 bits per heavy atom. The molecule has 1 aromatic carbocycles. The third-order valence-corrected chi connectivity index (χ3v) is 3.80. The van der Waals surface area contributed by atoms with Crippen LogP contribution in [-0.2, 0) is 6.61 Å². The number of fused-ring (bicyclic) bond motifs is 1. The summed E-state index contributed by atoms with van der Waals surface area (Å²) < 4.78 is 1.21. The van der Waals surface area contributed by atoms with Crippen LogP contribution in [0.25, 0.3) is 10.2 Å². The number of aromatic nitrogens is 1. The van der Waals surface area contributed by atoms with Gasteiger partial charge in [-0.2, -0.15) is 0 Å². The lowest BCUT2D eigenvalue weighted by molar-refractivity contribution is 0.283. The highest BCUT2D eigenvalue weighted by molar-refractivity contribution is 7.18. The molecule has 3 rings (SSSR count). The molecule has 2 nitrogen and oxygen atoms in total. The van der Waals surface area contributed by atoms with E-state index in [2.05, 4.69) is 11.1 Å². The molecule has 1 aromatic heterocycles. The summed E-state index contributed by atoms with van der Waals surface area (Å²) in [5.74, 6) is 0.707. The van der Waals surface area contributed by atoms with E-state index in [1.165, 1.54) is 22.5 Å². The van der Waals surface area contributed by atoms with Crippen molar-refractivity contribution in [2.45, 2.75) is 25.4 Å². The van der Waals surface area contributed by atoms with Crippen LogP contribution >= 0.6 is 11.3 Å². The molecule has 1 aliphatic carbocycles. The third kappa shape index (κ3) is 1.24. The van der Waals surface area contributed by atoms with Crippen molar-refractivity contribution in [2.24, 2.45) is 0 Å². The molecule has 1 fully saturated rings. The predicted molar refractivity (Wildman–Crippen MR) is 57.5 cm³/mol.